The van der Waals surface area contributed by atoms with Gasteiger partial charge in [0.25, 0.3) is 0 Å². The summed E-state index contributed by atoms with van der Waals surface area (Å²) in [4.78, 5) is 12.8. The largest absolute Gasteiger partial charge is 0.481 e. The van der Waals surface area contributed by atoms with Crippen LogP contribution < -0.4 is 0 Å². The van der Waals surface area contributed by atoms with Crippen LogP contribution in [0.5, 0.6) is 0 Å². The third kappa shape index (κ3) is 4.97. The smallest absolute Gasteiger partial charge is 0.455 e. The molecule has 2 aromatic rings. The molecule has 3 nitrogen and oxygen atoms in total. The first-order valence-corrected chi connectivity index (χ1v) is 11.5. The summed E-state index contributed by atoms with van der Waals surface area (Å²) >= 11 is 5.84. The van der Waals surface area contributed by atoms with E-state index in [1.54, 1.807) is 74.5 Å². The molecule has 0 aliphatic heterocycles. The van der Waals surface area contributed by atoms with Crippen molar-refractivity contribution in [3.8, 4) is 0 Å². The fraction of sp³-hybridized carbons (Fsp3) is 0.423. The van der Waals surface area contributed by atoms with E-state index in [2.05, 4.69) is 4.74 Å². The third-order valence-corrected chi connectivity index (χ3v) is 7.71. The second kappa shape index (κ2) is 9.62. The molecule has 0 aromatic heterocycles. The van der Waals surface area contributed by atoms with Crippen molar-refractivity contribution in [2.24, 2.45) is 16.2 Å². The lowest BCUT2D eigenvalue weighted by Crippen LogP contribution is -2.43. The molecule has 202 valence electrons. The van der Waals surface area contributed by atoms with E-state index in [0.717, 1.165) is 6.08 Å². The van der Waals surface area contributed by atoms with E-state index in [4.69, 9.17) is 11.6 Å². The van der Waals surface area contributed by atoms with Crippen molar-refractivity contribution in [1.29, 1.82) is 0 Å². The van der Waals surface area contributed by atoms with Gasteiger partial charge in [-0.3, -0.25) is 4.79 Å². The van der Waals surface area contributed by atoms with Gasteiger partial charge in [0, 0.05) is 5.41 Å². The summed E-state index contributed by atoms with van der Waals surface area (Å²) in [6.07, 6.45) is -10.3. The molecule has 1 N–H and O–H groups in total. The Labute approximate surface area is 213 Å². The average Bonchev–Trinajstić information content (AvgIpc) is 3.20. The van der Waals surface area contributed by atoms with Gasteiger partial charge in [0.15, 0.2) is 0 Å². The summed E-state index contributed by atoms with van der Waals surface area (Å²) in [7, 11) is 0. The molecular formula is C26H24ClF7O3. The number of benzene rings is 2. The van der Waals surface area contributed by atoms with Gasteiger partial charge in [-0.1, -0.05) is 92.2 Å². The standard InChI is InChI=1S/C26H24ClF7O3/c1-21(2)22(13-17-9-5-3-6-10-17,23(21,20(35)36)14-18-11-7-4-8-12-18)15-19(27)25(30,31)37-16-24(28,29)26(32,33)34/h3-12,15H,13-14,16H2,1-2H3,(H,35,36). The fourth-order valence-electron chi connectivity index (χ4n) is 5.19. The summed E-state index contributed by atoms with van der Waals surface area (Å²) < 4.78 is 96.9. The number of allylic oxidation sites excluding steroid dienone is 1. The lowest BCUT2D eigenvalue weighted by atomic mass is 9.82. The topological polar surface area (TPSA) is 46.5 Å². The highest BCUT2D eigenvalue weighted by Gasteiger charge is 2.84. The molecular weight excluding hydrogens is 529 g/mol. The highest BCUT2D eigenvalue weighted by atomic mass is 35.5. The molecule has 1 aliphatic rings. The second-order valence-electron chi connectivity index (χ2n) is 9.63. The Balaban J connectivity index is 2.09. The molecule has 1 aliphatic carbocycles. The van der Waals surface area contributed by atoms with Crippen molar-refractivity contribution in [3.63, 3.8) is 0 Å². The van der Waals surface area contributed by atoms with E-state index in [-0.39, 0.29) is 12.8 Å². The molecule has 0 radical (unpaired) electrons. The number of alkyl halides is 7. The van der Waals surface area contributed by atoms with Crippen molar-refractivity contribution in [2.45, 2.75) is 44.9 Å². The van der Waals surface area contributed by atoms with E-state index < -0.39 is 52.1 Å². The fourth-order valence-corrected chi connectivity index (χ4v) is 5.43. The third-order valence-electron chi connectivity index (χ3n) is 7.38. The van der Waals surface area contributed by atoms with Crippen LogP contribution in [-0.2, 0) is 22.4 Å². The zero-order valence-corrected chi connectivity index (χ0v) is 20.5. The molecule has 1 saturated carbocycles. The van der Waals surface area contributed by atoms with Crippen molar-refractivity contribution >= 4 is 17.6 Å². The summed E-state index contributed by atoms with van der Waals surface area (Å²) in [5.41, 5.74) is -3.28. The van der Waals surface area contributed by atoms with Gasteiger partial charge in [-0.05, 0) is 29.4 Å². The number of carboxylic acid groups (broad SMARTS) is 1. The van der Waals surface area contributed by atoms with Gasteiger partial charge < -0.3 is 9.84 Å². The average molecular weight is 553 g/mol. The first-order valence-electron chi connectivity index (χ1n) is 11.1. The molecule has 37 heavy (non-hydrogen) atoms. The quantitative estimate of drug-likeness (QED) is 0.311. The van der Waals surface area contributed by atoms with Gasteiger partial charge in [-0.15, -0.1) is 0 Å². The maximum atomic E-state index is 14.7. The first-order chi connectivity index (χ1) is 16.9. The number of hydrogen-bond acceptors (Lipinski definition) is 2. The van der Waals surface area contributed by atoms with E-state index in [0.29, 0.717) is 11.1 Å². The molecule has 0 heterocycles. The number of ether oxygens (including phenoxy) is 1. The van der Waals surface area contributed by atoms with Crippen LogP contribution in [0.4, 0.5) is 30.7 Å². The number of carbonyl (C=O) groups is 1. The van der Waals surface area contributed by atoms with Gasteiger partial charge in [-0.2, -0.15) is 30.7 Å². The minimum Gasteiger partial charge on any atom is -0.481 e. The number of aliphatic carboxylic acids is 1. The van der Waals surface area contributed by atoms with Crippen LogP contribution in [0, 0.1) is 16.2 Å². The summed E-state index contributed by atoms with van der Waals surface area (Å²) in [5.74, 6) is -6.85. The lowest BCUT2D eigenvalue weighted by molar-refractivity contribution is -0.323. The highest BCUT2D eigenvalue weighted by Crippen LogP contribution is 2.81. The molecule has 11 heteroatoms. The predicted octanol–water partition coefficient (Wildman–Crippen LogP) is 7.50. The van der Waals surface area contributed by atoms with Crippen LogP contribution in [0.15, 0.2) is 71.8 Å². The Kier molecular flexibility index (Phi) is 7.53. The van der Waals surface area contributed by atoms with Crippen LogP contribution in [0.3, 0.4) is 0 Å². The van der Waals surface area contributed by atoms with E-state index in [9.17, 15) is 40.6 Å². The van der Waals surface area contributed by atoms with Crippen molar-refractivity contribution in [1.82, 2.24) is 0 Å². The number of hydrogen-bond donors (Lipinski definition) is 1. The maximum Gasteiger partial charge on any atom is 0.455 e. The minimum atomic E-state index is -6.11. The summed E-state index contributed by atoms with van der Waals surface area (Å²) in [6, 6.07) is 16.8. The Morgan fingerprint density at radius 2 is 1.35 bits per heavy atom. The highest BCUT2D eigenvalue weighted by molar-refractivity contribution is 6.30. The van der Waals surface area contributed by atoms with Gasteiger partial charge in [0.1, 0.15) is 11.6 Å². The van der Waals surface area contributed by atoms with Crippen molar-refractivity contribution in [3.05, 3.63) is 82.9 Å². The van der Waals surface area contributed by atoms with Crippen LogP contribution in [0.1, 0.15) is 25.0 Å². The van der Waals surface area contributed by atoms with Crippen molar-refractivity contribution in [2.75, 3.05) is 6.61 Å². The molecule has 2 atom stereocenters. The molecule has 3 rings (SSSR count). The Morgan fingerprint density at radius 3 is 1.78 bits per heavy atom. The van der Waals surface area contributed by atoms with Gasteiger partial charge in [0.2, 0.25) is 0 Å². The number of carboxylic acids is 1. The van der Waals surface area contributed by atoms with Gasteiger partial charge in [-0.25, -0.2) is 0 Å². The molecule has 0 spiro atoms. The second-order valence-corrected chi connectivity index (χ2v) is 10.0. The van der Waals surface area contributed by atoms with Crippen molar-refractivity contribution < 1.29 is 45.4 Å². The van der Waals surface area contributed by atoms with E-state index >= 15 is 0 Å². The maximum absolute atomic E-state index is 14.7. The minimum absolute atomic E-state index is 0.0784. The van der Waals surface area contributed by atoms with E-state index in [1.165, 1.54) is 0 Å². The summed E-state index contributed by atoms with van der Waals surface area (Å²) in [5, 5.41) is 8.93. The van der Waals surface area contributed by atoms with Gasteiger partial charge >= 0.3 is 24.2 Å². The monoisotopic (exact) mass is 552 g/mol. The molecule has 2 aromatic carbocycles. The number of rotatable bonds is 10. The zero-order chi connectivity index (χ0) is 27.9. The predicted molar refractivity (Wildman–Crippen MR) is 122 cm³/mol. The Morgan fingerprint density at radius 1 is 0.892 bits per heavy atom. The van der Waals surface area contributed by atoms with Gasteiger partial charge in [0.05, 0.1) is 5.41 Å². The Bertz CT molecular complexity index is 1150. The van der Waals surface area contributed by atoms with Crippen LogP contribution in [0.25, 0.3) is 0 Å². The van der Waals surface area contributed by atoms with Crippen LogP contribution in [-0.4, -0.2) is 35.9 Å². The Hall–Kier alpha value is -2.59. The van der Waals surface area contributed by atoms with Crippen LogP contribution >= 0.6 is 11.6 Å². The normalized spacial score (nSPS) is 24.1. The van der Waals surface area contributed by atoms with E-state index in [1.807, 2.05) is 0 Å². The van der Waals surface area contributed by atoms with Crippen LogP contribution in [0.2, 0.25) is 0 Å². The molecule has 2 unspecified atom stereocenters. The SMILES string of the molecule is CC1(C)C(C=C(Cl)C(F)(F)OCC(F)(F)C(F)(F)F)(Cc2ccccc2)C1(Cc1ccccc1)C(=O)O. The number of halogens is 8. The molecule has 0 saturated heterocycles. The first kappa shape index (κ1) is 29.0. The molecule has 0 amide bonds. The molecule has 1 fully saturated rings. The zero-order valence-electron chi connectivity index (χ0n) is 19.8. The lowest BCUT2D eigenvalue weighted by Gasteiger charge is -2.25. The molecule has 0 bridgehead atoms. The summed E-state index contributed by atoms with van der Waals surface area (Å²) in [6.45, 7) is 0.450.